The lowest BCUT2D eigenvalue weighted by Gasteiger charge is -2.07. The first-order chi connectivity index (χ1) is 6.57. The molecule has 0 heterocycles. The Morgan fingerprint density at radius 3 is 2.79 bits per heavy atom. The number of hydrogen-bond donors (Lipinski definition) is 2. The van der Waals surface area contributed by atoms with Gasteiger partial charge in [0.1, 0.15) is 0 Å². The monoisotopic (exact) mass is 201 g/mol. The second kappa shape index (κ2) is 7.53. The first kappa shape index (κ1) is 13.1. The topological polar surface area (TPSA) is 58.6 Å². The number of aliphatic hydroxyl groups is 1. The van der Waals surface area contributed by atoms with E-state index in [9.17, 15) is 4.79 Å². The van der Waals surface area contributed by atoms with Gasteiger partial charge in [-0.1, -0.05) is 6.58 Å². The van der Waals surface area contributed by atoms with Crippen molar-refractivity contribution in [2.24, 2.45) is 0 Å². The Labute approximate surface area is 85.0 Å². The molecule has 0 aromatic heterocycles. The molecule has 0 aliphatic heterocycles. The molecule has 0 aromatic carbocycles. The highest BCUT2D eigenvalue weighted by atomic mass is 16.5. The zero-order valence-electron chi connectivity index (χ0n) is 8.88. The first-order valence-electron chi connectivity index (χ1n) is 4.81. The Morgan fingerprint density at radius 1 is 1.64 bits per heavy atom. The minimum absolute atomic E-state index is 0.321. The minimum Gasteiger partial charge on any atom is -0.463 e. The molecule has 82 valence electrons. The van der Waals surface area contributed by atoms with Crippen LogP contribution in [0.1, 0.15) is 20.3 Å². The molecule has 0 spiro atoms. The number of carbonyl (C=O) groups is 1. The normalized spacial score (nSPS) is 12.2. The molecule has 0 saturated carbocycles. The summed E-state index contributed by atoms with van der Waals surface area (Å²) in [4.78, 5) is 11.1. The third-order valence-corrected chi connectivity index (χ3v) is 1.64. The maximum absolute atomic E-state index is 11.1. The number of esters is 1. The lowest BCUT2D eigenvalue weighted by molar-refractivity contribution is -0.138. The van der Waals surface area contributed by atoms with Crippen LogP contribution in [-0.2, 0) is 9.53 Å². The molecular formula is C10H19NO3. The Hall–Kier alpha value is -0.870. The van der Waals surface area contributed by atoms with Gasteiger partial charge >= 0.3 is 5.97 Å². The molecule has 0 amide bonds. The van der Waals surface area contributed by atoms with Crippen LogP contribution >= 0.6 is 0 Å². The molecule has 0 saturated heterocycles. The summed E-state index contributed by atoms with van der Waals surface area (Å²) in [5.74, 6) is -0.364. The number of aliphatic hydroxyl groups excluding tert-OH is 1. The Morgan fingerprint density at radius 2 is 2.29 bits per heavy atom. The van der Waals surface area contributed by atoms with E-state index in [-0.39, 0.29) is 12.1 Å². The molecule has 0 aliphatic carbocycles. The zero-order valence-corrected chi connectivity index (χ0v) is 8.88. The summed E-state index contributed by atoms with van der Waals surface area (Å²) >= 11 is 0. The third kappa shape index (κ3) is 6.62. The lowest BCUT2D eigenvalue weighted by atomic mass is 10.2. The largest absolute Gasteiger partial charge is 0.463 e. The molecule has 0 rings (SSSR count). The Kier molecular flexibility index (Phi) is 7.06. The van der Waals surface area contributed by atoms with E-state index in [1.807, 2.05) is 0 Å². The quantitative estimate of drug-likeness (QED) is 0.357. The second-order valence-corrected chi connectivity index (χ2v) is 3.14. The van der Waals surface area contributed by atoms with E-state index in [0.717, 1.165) is 0 Å². The van der Waals surface area contributed by atoms with Crippen molar-refractivity contribution < 1.29 is 14.6 Å². The van der Waals surface area contributed by atoms with Gasteiger partial charge in [0.05, 0.1) is 12.7 Å². The van der Waals surface area contributed by atoms with Gasteiger partial charge in [-0.3, -0.25) is 0 Å². The Balaban J connectivity index is 3.49. The van der Waals surface area contributed by atoms with Crippen LogP contribution in [-0.4, -0.2) is 36.9 Å². The van der Waals surface area contributed by atoms with E-state index in [4.69, 9.17) is 9.84 Å². The third-order valence-electron chi connectivity index (χ3n) is 1.64. The zero-order chi connectivity index (χ0) is 11.0. The van der Waals surface area contributed by atoms with E-state index in [0.29, 0.717) is 31.7 Å². The molecule has 0 bridgehead atoms. The second-order valence-electron chi connectivity index (χ2n) is 3.14. The van der Waals surface area contributed by atoms with Crippen molar-refractivity contribution >= 4 is 5.97 Å². The maximum atomic E-state index is 11.1. The van der Waals surface area contributed by atoms with E-state index >= 15 is 0 Å². The number of rotatable bonds is 7. The maximum Gasteiger partial charge on any atom is 0.334 e. The number of carbonyl (C=O) groups excluding carboxylic acids is 1. The highest BCUT2D eigenvalue weighted by Crippen LogP contribution is 1.93. The van der Waals surface area contributed by atoms with Crippen LogP contribution in [0, 0.1) is 0 Å². The molecule has 0 radical (unpaired) electrons. The van der Waals surface area contributed by atoms with Gasteiger partial charge in [-0.05, 0) is 26.8 Å². The predicted molar refractivity (Wildman–Crippen MR) is 54.9 cm³/mol. The average Bonchev–Trinajstić information content (AvgIpc) is 2.12. The van der Waals surface area contributed by atoms with Gasteiger partial charge in [0.2, 0.25) is 0 Å². The van der Waals surface area contributed by atoms with Crippen molar-refractivity contribution in [1.82, 2.24) is 5.32 Å². The summed E-state index contributed by atoms with van der Waals surface area (Å²) < 4.78 is 4.75. The molecule has 1 atom stereocenters. The highest BCUT2D eigenvalue weighted by Gasteiger charge is 2.06. The van der Waals surface area contributed by atoms with Crippen molar-refractivity contribution in [1.29, 1.82) is 0 Å². The van der Waals surface area contributed by atoms with Crippen molar-refractivity contribution in [2.45, 2.75) is 26.4 Å². The summed E-state index contributed by atoms with van der Waals surface area (Å²) in [6, 6.07) is 0. The number of ether oxygens (including phenoxy) is 1. The van der Waals surface area contributed by atoms with Gasteiger partial charge in [0.15, 0.2) is 0 Å². The number of nitrogens with one attached hydrogen (secondary N) is 1. The van der Waals surface area contributed by atoms with E-state index in [1.54, 1.807) is 13.8 Å². The van der Waals surface area contributed by atoms with Crippen LogP contribution in [0.3, 0.4) is 0 Å². The predicted octanol–water partition coefficient (Wildman–Crippen LogP) is 0.466. The van der Waals surface area contributed by atoms with Crippen LogP contribution in [0.2, 0.25) is 0 Å². The Bertz CT molecular complexity index is 190. The molecule has 14 heavy (non-hydrogen) atoms. The van der Waals surface area contributed by atoms with Crippen LogP contribution in [0.25, 0.3) is 0 Å². The van der Waals surface area contributed by atoms with Crippen LogP contribution < -0.4 is 5.32 Å². The number of hydrogen-bond acceptors (Lipinski definition) is 4. The van der Waals surface area contributed by atoms with Crippen LogP contribution in [0.5, 0.6) is 0 Å². The summed E-state index contributed by atoms with van der Waals surface area (Å²) in [5.41, 5.74) is 0.414. The molecule has 4 heteroatoms. The molecular weight excluding hydrogens is 182 g/mol. The van der Waals surface area contributed by atoms with Gasteiger partial charge in [-0.25, -0.2) is 4.79 Å². The van der Waals surface area contributed by atoms with E-state index < -0.39 is 0 Å². The fourth-order valence-corrected chi connectivity index (χ4v) is 0.856. The standard InChI is InChI=1S/C10H19NO3/c1-4-14-10(13)8(2)7-11-6-5-9(3)12/h9,11-12H,2,4-7H2,1,3H3. The molecule has 0 aliphatic rings. The van der Waals surface area contributed by atoms with Crippen LogP contribution in [0.15, 0.2) is 12.2 Å². The van der Waals surface area contributed by atoms with Crippen molar-refractivity contribution in [3.8, 4) is 0 Å². The van der Waals surface area contributed by atoms with Gasteiger partial charge in [0, 0.05) is 12.1 Å². The van der Waals surface area contributed by atoms with Crippen molar-refractivity contribution in [3.05, 3.63) is 12.2 Å². The fraction of sp³-hybridized carbons (Fsp3) is 0.700. The van der Waals surface area contributed by atoms with Gasteiger partial charge < -0.3 is 15.2 Å². The van der Waals surface area contributed by atoms with Crippen LogP contribution in [0.4, 0.5) is 0 Å². The molecule has 2 N–H and O–H groups in total. The van der Waals surface area contributed by atoms with E-state index in [2.05, 4.69) is 11.9 Å². The summed E-state index contributed by atoms with van der Waals surface area (Å²) in [6.45, 7) is 8.51. The molecule has 0 aromatic rings. The van der Waals surface area contributed by atoms with E-state index in [1.165, 1.54) is 0 Å². The minimum atomic E-state index is -0.364. The molecule has 0 fully saturated rings. The van der Waals surface area contributed by atoms with Gasteiger partial charge in [-0.2, -0.15) is 0 Å². The SMILES string of the molecule is C=C(CNCCC(C)O)C(=O)OCC. The average molecular weight is 201 g/mol. The summed E-state index contributed by atoms with van der Waals surface area (Å²) in [5, 5.41) is 12.0. The summed E-state index contributed by atoms with van der Waals surface area (Å²) in [6.07, 6.45) is 0.342. The smallest absolute Gasteiger partial charge is 0.334 e. The van der Waals surface area contributed by atoms with Gasteiger partial charge in [-0.15, -0.1) is 0 Å². The van der Waals surface area contributed by atoms with Gasteiger partial charge in [0.25, 0.3) is 0 Å². The lowest BCUT2D eigenvalue weighted by Crippen LogP contribution is -2.24. The molecule has 1 unspecified atom stereocenters. The summed E-state index contributed by atoms with van der Waals surface area (Å²) in [7, 11) is 0. The fourth-order valence-electron chi connectivity index (χ4n) is 0.856. The first-order valence-corrected chi connectivity index (χ1v) is 4.81. The van der Waals surface area contributed by atoms with Crippen molar-refractivity contribution in [2.75, 3.05) is 19.7 Å². The van der Waals surface area contributed by atoms with Crippen molar-refractivity contribution in [3.63, 3.8) is 0 Å². The molecule has 4 nitrogen and oxygen atoms in total. The highest BCUT2D eigenvalue weighted by molar-refractivity contribution is 5.88.